The molecule has 7 nitrogen and oxygen atoms in total. The Morgan fingerprint density at radius 1 is 1.20 bits per heavy atom. The first kappa shape index (κ1) is 21.7. The Hall–Kier alpha value is -3.04. The number of carbonyl (C=O) groups is 2. The van der Waals surface area contributed by atoms with Gasteiger partial charge in [-0.1, -0.05) is 53.8 Å². The number of hydrogen-bond donors (Lipinski definition) is 1. The second kappa shape index (κ2) is 9.64. The molecule has 0 radical (unpaired) electrons. The summed E-state index contributed by atoms with van der Waals surface area (Å²) in [4.78, 5) is 37.0. The van der Waals surface area contributed by atoms with Crippen molar-refractivity contribution < 1.29 is 14.5 Å². The second-order valence-electron chi connectivity index (χ2n) is 6.70. The Morgan fingerprint density at radius 2 is 1.87 bits per heavy atom. The van der Waals surface area contributed by atoms with Crippen molar-refractivity contribution in [3.05, 3.63) is 74.7 Å². The molecule has 0 saturated carbocycles. The predicted octanol–water partition coefficient (Wildman–Crippen LogP) is 4.52. The van der Waals surface area contributed by atoms with E-state index in [1.807, 2.05) is 37.3 Å². The zero-order valence-corrected chi connectivity index (χ0v) is 17.8. The number of amides is 2. The number of nitrogens with zero attached hydrogens (tertiary/aromatic N) is 2. The molecule has 0 bridgehead atoms. The Bertz CT molecular complexity index is 1020. The molecule has 2 amide bonds. The molecule has 9 heteroatoms. The van der Waals surface area contributed by atoms with Crippen LogP contribution >= 0.6 is 24.0 Å². The monoisotopic (exact) mass is 441 g/mol. The van der Waals surface area contributed by atoms with Crippen LogP contribution in [-0.2, 0) is 9.59 Å². The van der Waals surface area contributed by atoms with Crippen LogP contribution in [0.4, 0.5) is 11.4 Å². The molecule has 3 rings (SSSR count). The van der Waals surface area contributed by atoms with E-state index >= 15 is 0 Å². The lowest BCUT2D eigenvalue weighted by Gasteiger charge is -2.14. The first-order chi connectivity index (χ1) is 14.3. The smallest absolute Gasteiger partial charge is 0.269 e. The van der Waals surface area contributed by atoms with Crippen molar-refractivity contribution in [2.45, 2.75) is 19.8 Å². The highest BCUT2D eigenvalue weighted by Gasteiger charge is 2.31. The molecule has 2 aromatic carbocycles. The number of anilines is 1. The lowest BCUT2D eigenvalue weighted by molar-refractivity contribution is -0.384. The topological polar surface area (TPSA) is 92.6 Å². The molecule has 30 heavy (non-hydrogen) atoms. The van der Waals surface area contributed by atoms with Crippen molar-refractivity contribution in [2.24, 2.45) is 0 Å². The van der Waals surface area contributed by atoms with Gasteiger partial charge >= 0.3 is 0 Å². The van der Waals surface area contributed by atoms with E-state index < -0.39 is 4.92 Å². The van der Waals surface area contributed by atoms with E-state index in [2.05, 4.69) is 5.32 Å². The highest BCUT2D eigenvalue weighted by atomic mass is 32.2. The van der Waals surface area contributed by atoms with Gasteiger partial charge in [0.2, 0.25) is 5.91 Å². The minimum Gasteiger partial charge on any atom is -0.326 e. The van der Waals surface area contributed by atoms with E-state index in [-0.39, 0.29) is 23.9 Å². The van der Waals surface area contributed by atoms with Crippen LogP contribution in [-0.4, -0.2) is 32.5 Å². The fourth-order valence-corrected chi connectivity index (χ4v) is 4.10. The lowest BCUT2D eigenvalue weighted by Crippen LogP contribution is -2.29. The van der Waals surface area contributed by atoms with Gasteiger partial charge in [-0.15, -0.1) is 0 Å². The van der Waals surface area contributed by atoms with Crippen molar-refractivity contribution in [3.8, 4) is 0 Å². The predicted molar refractivity (Wildman–Crippen MR) is 122 cm³/mol. The number of nitro groups is 1. The summed E-state index contributed by atoms with van der Waals surface area (Å²) in [7, 11) is 0. The van der Waals surface area contributed by atoms with Crippen molar-refractivity contribution >= 4 is 57.6 Å². The van der Waals surface area contributed by atoms with Crippen molar-refractivity contribution in [1.82, 2.24) is 4.90 Å². The summed E-state index contributed by atoms with van der Waals surface area (Å²) < 4.78 is 0.481. The number of hydrogen-bond acceptors (Lipinski definition) is 6. The molecule has 1 saturated heterocycles. The van der Waals surface area contributed by atoms with Crippen LogP contribution in [0.3, 0.4) is 0 Å². The van der Waals surface area contributed by atoms with Crippen LogP contribution in [0.1, 0.15) is 24.0 Å². The van der Waals surface area contributed by atoms with Crippen molar-refractivity contribution in [3.63, 3.8) is 0 Å². The largest absolute Gasteiger partial charge is 0.326 e. The van der Waals surface area contributed by atoms with E-state index in [1.165, 1.54) is 40.9 Å². The number of carbonyl (C=O) groups excluding carboxylic acids is 2. The summed E-state index contributed by atoms with van der Waals surface area (Å²) in [6.07, 6.45) is 2.47. The lowest BCUT2D eigenvalue weighted by atomic mass is 10.1. The molecule has 1 heterocycles. The van der Waals surface area contributed by atoms with Gasteiger partial charge in [-0.3, -0.25) is 24.6 Å². The Labute approximate surface area is 183 Å². The van der Waals surface area contributed by atoms with Crippen LogP contribution in [0.5, 0.6) is 0 Å². The number of thioether (sulfide) groups is 1. The van der Waals surface area contributed by atoms with Crippen molar-refractivity contribution in [1.29, 1.82) is 0 Å². The number of rotatable bonds is 7. The minimum atomic E-state index is -0.499. The van der Waals surface area contributed by atoms with E-state index in [4.69, 9.17) is 12.2 Å². The van der Waals surface area contributed by atoms with E-state index in [1.54, 1.807) is 0 Å². The third-order valence-corrected chi connectivity index (χ3v) is 5.77. The maximum Gasteiger partial charge on any atom is 0.269 e. The average Bonchev–Trinajstić information content (AvgIpc) is 2.97. The first-order valence-corrected chi connectivity index (χ1v) is 10.4. The summed E-state index contributed by atoms with van der Waals surface area (Å²) in [5.74, 6) is -0.383. The summed E-state index contributed by atoms with van der Waals surface area (Å²) in [5.41, 5.74) is 2.52. The quantitative estimate of drug-likeness (QED) is 0.294. The number of non-ortho nitro benzene ring substituents is 1. The maximum absolute atomic E-state index is 12.6. The summed E-state index contributed by atoms with van der Waals surface area (Å²) in [6, 6.07) is 13.5. The zero-order chi connectivity index (χ0) is 21.7. The van der Waals surface area contributed by atoms with Gasteiger partial charge in [-0.25, -0.2) is 0 Å². The molecule has 1 aliphatic rings. The maximum atomic E-state index is 12.6. The third kappa shape index (κ3) is 5.52. The molecule has 0 spiro atoms. The highest BCUT2D eigenvalue weighted by molar-refractivity contribution is 8.26. The summed E-state index contributed by atoms with van der Waals surface area (Å²) >= 11 is 6.58. The van der Waals surface area contributed by atoms with Crippen LogP contribution < -0.4 is 5.32 Å². The SMILES string of the molecule is Cc1ccc(C=C2SC(=S)N(CCCC(=O)Nc3ccc([N+](=O)[O-])cc3)C2=O)cc1. The summed E-state index contributed by atoms with van der Waals surface area (Å²) in [5, 5.41) is 13.4. The second-order valence-corrected chi connectivity index (χ2v) is 8.38. The Kier molecular flexibility index (Phi) is 6.96. The Morgan fingerprint density at radius 3 is 2.50 bits per heavy atom. The van der Waals surface area contributed by atoms with Gasteiger partial charge in [-0.2, -0.15) is 0 Å². The fraction of sp³-hybridized carbons (Fsp3) is 0.190. The minimum absolute atomic E-state index is 0.0407. The number of aryl methyl sites for hydroxylation is 1. The molecule has 0 aromatic heterocycles. The van der Waals surface area contributed by atoms with E-state index in [0.717, 1.165) is 11.1 Å². The first-order valence-electron chi connectivity index (χ1n) is 9.20. The van der Waals surface area contributed by atoms with Gasteiger partial charge < -0.3 is 5.32 Å². The standard InChI is InChI=1S/C21H19N3O4S2/c1-14-4-6-15(7-5-14)13-18-20(26)23(21(29)30-18)12-2-3-19(25)22-16-8-10-17(11-9-16)24(27)28/h4-11,13H,2-3,12H2,1H3,(H,22,25). The molecule has 154 valence electrons. The average molecular weight is 442 g/mol. The molecule has 0 atom stereocenters. The number of thiocarbonyl (C=S) groups is 1. The van der Waals surface area contributed by atoms with Gasteiger partial charge in [0.1, 0.15) is 4.32 Å². The molecule has 1 N–H and O–H groups in total. The normalized spacial score (nSPS) is 15.0. The van der Waals surface area contributed by atoms with Gasteiger partial charge in [0.25, 0.3) is 11.6 Å². The Balaban J connectivity index is 1.51. The molecular weight excluding hydrogens is 422 g/mol. The van der Waals surface area contributed by atoms with Crippen LogP contribution in [0.15, 0.2) is 53.4 Å². The van der Waals surface area contributed by atoms with E-state index in [0.29, 0.717) is 27.9 Å². The molecular formula is C21H19N3O4S2. The van der Waals surface area contributed by atoms with Crippen LogP contribution in [0, 0.1) is 17.0 Å². The van der Waals surface area contributed by atoms with Gasteiger partial charge in [0.15, 0.2) is 0 Å². The number of nitro benzene ring substituents is 1. The fourth-order valence-electron chi connectivity index (χ4n) is 2.79. The molecule has 1 aliphatic heterocycles. The van der Waals surface area contributed by atoms with Crippen LogP contribution in [0.2, 0.25) is 0 Å². The number of benzene rings is 2. The van der Waals surface area contributed by atoms with E-state index in [9.17, 15) is 19.7 Å². The molecule has 1 fully saturated rings. The molecule has 2 aromatic rings. The van der Waals surface area contributed by atoms with Crippen molar-refractivity contribution in [2.75, 3.05) is 11.9 Å². The number of nitrogens with one attached hydrogen (secondary N) is 1. The molecule has 0 aliphatic carbocycles. The molecule has 0 unspecified atom stereocenters. The van der Waals surface area contributed by atoms with Gasteiger partial charge in [0.05, 0.1) is 9.83 Å². The third-order valence-electron chi connectivity index (χ3n) is 4.40. The van der Waals surface area contributed by atoms with Gasteiger partial charge in [-0.05, 0) is 37.1 Å². The zero-order valence-electron chi connectivity index (χ0n) is 16.2. The van der Waals surface area contributed by atoms with Crippen LogP contribution in [0.25, 0.3) is 6.08 Å². The highest BCUT2D eigenvalue weighted by Crippen LogP contribution is 2.32. The summed E-state index contributed by atoms with van der Waals surface area (Å²) in [6.45, 7) is 2.35. The van der Waals surface area contributed by atoms with Gasteiger partial charge in [0, 0.05) is 30.8 Å².